The molecule has 1 fully saturated rings. The minimum Gasteiger partial charge on any atom is -0.466 e. The summed E-state index contributed by atoms with van der Waals surface area (Å²) in [5.41, 5.74) is -0.359. The maximum Gasteiger partial charge on any atom is 0.573 e. The van der Waals surface area contributed by atoms with Crippen LogP contribution < -0.4 is 14.8 Å². The molecule has 1 aromatic carbocycles. The topological polar surface area (TPSA) is 149 Å². The first kappa shape index (κ1) is 25.4. The minimum absolute atomic E-state index is 0.0572. The van der Waals surface area contributed by atoms with Crippen LogP contribution in [0.25, 0.3) is 5.13 Å². The number of methoxy groups -OCH3 is 1. The highest BCUT2D eigenvalue weighted by atomic mass is 32.2. The number of hydrogen-bond donors (Lipinski definition) is 1. The Labute approximate surface area is 206 Å². The number of nitriles is 1. The summed E-state index contributed by atoms with van der Waals surface area (Å²) in [7, 11) is -2.60. The lowest BCUT2D eigenvalue weighted by Gasteiger charge is -2.16. The number of hydrogen-bond acceptors (Lipinski definition) is 10. The van der Waals surface area contributed by atoms with Crippen molar-refractivity contribution in [3.63, 3.8) is 0 Å². The number of aromatic nitrogens is 4. The lowest BCUT2D eigenvalue weighted by atomic mass is 10.2. The van der Waals surface area contributed by atoms with Gasteiger partial charge in [0.25, 0.3) is 5.91 Å². The summed E-state index contributed by atoms with van der Waals surface area (Å²) in [6.07, 6.45) is -3.00. The summed E-state index contributed by atoms with van der Waals surface area (Å²) in [6, 6.07) is 3.55. The van der Waals surface area contributed by atoms with Crippen LogP contribution in [-0.2, 0) is 9.84 Å². The number of carbonyl (C=O) groups excluding carboxylic acids is 1. The first-order chi connectivity index (χ1) is 16.9. The van der Waals surface area contributed by atoms with E-state index in [1.54, 1.807) is 0 Å². The predicted octanol–water partition coefficient (Wildman–Crippen LogP) is 2.93. The van der Waals surface area contributed by atoms with Crippen molar-refractivity contribution >= 4 is 27.1 Å². The zero-order valence-electron chi connectivity index (χ0n) is 18.6. The molecule has 3 aromatic rings. The molecule has 2 heterocycles. The molecule has 4 rings (SSSR count). The van der Waals surface area contributed by atoms with Gasteiger partial charge in [-0.3, -0.25) is 4.79 Å². The fourth-order valence-corrected chi connectivity index (χ4v) is 5.59. The molecule has 190 valence electrons. The van der Waals surface area contributed by atoms with Crippen LogP contribution in [0.4, 0.5) is 13.2 Å². The van der Waals surface area contributed by atoms with Crippen molar-refractivity contribution in [3.05, 3.63) is 40.7 Å². The van der Waals surface area contributed by atoms with Gasteiger partial charge in [0.2, 0.25) is 5.13 Å². The number of carbonyl (C=O) groups is 1. The molecular weight excluding hydrogens is 525 g/mol. The number of ether oxygens (including phenoxy) is 2. The molecule has 11 nitrogen and oxygen atoms in total. The van der Waals surface area contributed by atoms with E-state index in [1.807, 2.05) is 6.07 Å². The van der Waals surface area contributed by atoms with Gasteiger partial charge in [0, 0.05) is 5.56 Å². The molecule has 0 aliphatic heterocycles. The van der Waals surface area contributed by atoms with Gasteiger partial charge in [0.15, 0.2) is 15.7 Å². The first-order valence-corrected chi connectivity index (χ1v) is 12.6. The molecule has 0 radical (unpaired) electrons. The maximum absolute atomic E-state index is 13.0. The van der Waals surface area contributed by atoms with Crippen molar-refractivity contribution in [2.75, 3.05) is 7.11 Å². The summed E-state index contributed by atoms with van der Waals surface area (Å²) in [5, 5.41) is 15.3. The Kier molecular flexibility index (Phi) is 6.62. The van der Waals surface area contributed by atoms with E-state index in [0.29, 0.717) is 17.7 Å². The summed E-state index contributed by atoms with van der Waals surface area (Å²) >= 11 is 1.01. The van der Waals surface area contributed by atoms with Crippen LogP contribution in [0, 0.1) is 11.3 Å². The number of alkyl halides is 3. The Bertz CT molecular complexity index is 1460. The zero-order valence-corrected chi connectivity index (χ0v) is 20.2. The van der Waals surface area contributed by atoms with E-state index < -0.39 is 44.0 Å². The average Bonchev–Trinajstić information content (AvgIpc) is 3.42. The highest BCUT2D eigenvalue weighted by Gasteiger charge is 2.38. The lowest BCUT2D eigenvalue weighted by molar-refractivity contribution is -0.274. The summed E-state index contributed by atoms with van der Waals surface area (Å²) < 4.78 is 74.1. The van der Waals surface area contributed by atoms with E-state index in [4.69, 9.17) is 10.00 Å². The standard InChI is InChI=1S/C20H17F3N6O5S2/c1-10(16-27-18(33-2)28-29(16)19-25-9-13(8-24)35-19)26-17(30)11-5-12(34-20(21,22)23)7-15(6-11)36(31,32)14-3-4-14/h5-7,9-10,14H,3-4H2,1-2H3,(H,26,30). The summed E-state index contributed by atoms with van der Waals surface area (Å²) in [4.78, 5) is 21.1. The highest BCUT2D eigenvalue weighted by Crippen LogP contribution is 2.36. The second-order valence-corrected chi connectivity index (χ2v) is 10.9. The van der Waals surface area contributed by atoms with Gasteiger partial charge >= 0.3 is 12.4 Å². The molecule has 1 aliphatic carbocycles. The number of rotatable bonds is 8. The monoisotopic (exact) mass is 542 g/mol. The van der Waals surface area contributed by atoms with Gasteiger partial charge in [-0.25, -0.2) is 13.4 Å². The van der Waals surface area contributed by atoms with E-state index in [2.05, 4.69) is 25.1 Å². The van der Waals surface area contributed by atoms with Gasteiger partial charge < -0.3 is 14.8 Å². The second kappa shape index (κ2) is 9.39. The molecule has 36 heavy (non-hydrogen) atoms. The number of amides is 1. The Morgan fingerprint density at radius 1 is 1.33 bits per heavy atom. The molecule has 0 spiro atoms. The number of benzene rings is 1. The van der Waals surface area contributed by atoms with Crippen molar-refractivity contribution in [1.29, 1.82) is 5.26 Å². The van der Waals surface area contributed by atoms with Crippen molar-refractivity contribution in [2.24, 2.45) is 0 Å². The molecule has 1 atom stereocenters. The van der Waals surface area contributed by atoms with E-state index in [-0.39, 0.29) is 22.5 Å². The van der Waals surface area contributed by atoms with Crippen molar-refractivity contribution in [1.82, 2.24) is 25.1 Å². The van der Waals surface area contributed by atoms with Gasteiger partial charge in [-0.15, -0.1) is 18.3 Å². The number of nitrogens with one attached hydrogen (secondary N) is 1. The third-order valence-corrected chi connectivity index (χ3v) is 8.10. The molecule has 16 heteroatoms. The van der Waals surface area contributed by atoms with Crippen LogP contribution in [0.5, 0.6) is 11.8 Å². The van der Waals surface area contributed by atoms with Crippen LogP contribution >= 0.6 is 11.3 Å². The fourth-order valence-electron chi connectivity index (χ4n) is 3.20. The predicted molar refractivity (Wildman–Crippen MR) is 118 cm³/mol. The number of thiazole rings is 1. The third kappa shape index (κ3) is 5.41. The second-order valence-electron chi connectivity index (χ2n) is 7.67. The van der Waals surface area contributed by atoms with Crippen molar-refractivity contribution < 1.29 is 35.9 Å². The van der Waals surface area contributed by atoms with Gasteiger partial charge in [-0.2, -0.15) is 14.9 Å². The van der Waals surface area contributed by atoms with E-state index in [9.17, 15) is 26.4 Å². The van der Waals surface area contributed by atoms with Crippen LogP contribution in [0.15, 0.2) is 29.3 Å². The molecule has 1 unspecified atom stereocenters. The number of halogens is 3. The van der Waals surface area contributed by atoms with Crippen LogP contribution in [0.1, 0.15) is 46.9 Å². The third-order valence-electron chi connectivity index (χ3n) is 4.98. The quantitative estimate of drug-likeness (QED) is 0.453. The molecule has 1 saturated carbocycles. The minimum atomic E-state index is -5.09. The SMILES string of the molecule is COc1nc(C(C)NC(=O)c2cc(OC(F)(F)F)cc(S(=O)(=O)C3CC3)c2)n(-c2ncc(C#N)s2)n1. The highest BCUT2D eigenvalue weighted by molar-refractivity contribution is 7.92. The Morgan fingerprint density at radius 2 is 2.06 bits per heavy atom. The number of nitrogens with zero attached hydrogens (tertiary/aromatic N) is 5. The van der Waals surface area contributed by atoms with Crippen molar-refractivity contribution in [3.8, 4) is 23.0 Å². The molecule has 0 saturated heterocycles. The van der Waals surface area contributed by atoms with Gasteiger partial charge in [0.05, 0.1) is 29.5 Å². The number of sulfone groups is 1. The van der Waals surface area contributed by atoms with Gasteiger partial charge in [-0.05, 0) is 38.0 Å². The molecule has 0 bridgehead atoms. The van der Waals surface area contributed by atoms with E-state index in [0.717, 1.165) is 29.5 Å². The summed E-state index contributed by atoms with van der Waals surface area (Å²) in [6.45, 7) is 1.52. The van der Waals surface area contributed by atoms with Gasteiger partial charge in [0.1, 0.15) is 16.7 Å². The normalized spacial score (nSPS) is 14.7. The first-order valence-electron chi connectivity index (χ1n) is 10.2. The molecule has 1 amide bonds. The van der Waals surface area contributed by atoms with Crippen molar-refractivity contribution in [2.45, 2.75) is 42.3 Å². The fraction of sp³-hybridized carbons (Fsp3) is 0.350. The Hall–Kier alpha value is -3.71. The maximum atomic E-state index is 13.0. The van der Waals surface area contributed by atoms with E-state index in [1.165, 1.54) is 24.9 Å². The molecular formula is C20H17F3N6O5S2. The molecule has 1 aliphatic rings. The van der Waals surface area contributed by atoms with Gasteiger partial charge in [-0.1, -0.05) is 11.3 Å². The Balaban J connectivity index is 1.66. The van der Waals surface area contributed by atoms with Crippen LogP contribution in [0.3, 0.4) is 0 Å². The largest absolute Gasteiger partial charge is 0.573 e. The lowest BCUT2D eigenvalue weighted by Crippen LogP contribution is -2.29. The molecule has 1 N–H and O–H groups in total. The summed E-state index contributed by atoms with van der Waals surface area (Å²) in [5.74, 6) is -1.57. The zero-order chi connectivity index (χ0) is 26.3. The smallest absolute Gasteiger partial charge is 0.466 e. The van der Waals surface area contributed by atoms with Crippen LogP contribution in [0.2, 0.25) is 0 Å². The Morgan fingerprint density at radius 3 is 2.64 bits per heavy atom. The van der Waals surface area contributed by atoms with Crippen LogP contribution in [-0.4, -0.2) is 52.8 Å². The molecule has 2 aromatic heterocycles. The average molecular weight is 543 g/mol. The van der Waals surface area contributed by atoms with E-state index >= 15 is 0 Å².